The molecule has 4 nitrogen and oxygen atoms in total. The lowest BCUT2D eigenvalue weighted by atomic mass is 10.2. The molecule has 1 N–H and O–H groups in total. The fraction of sp³-hybridized carbons (Fsp3) is 0.615. The molecule has 1 aromatic rings. The van der Waals surface area contributed by atoms with Crippen LogP contribution in [0.3, 0.4) is 0 Å². The van der Waals surface area contributed by atoms with E-state index < -0.39 is 0 Å². The Morgan fingerprint density at radius 1 is 1.61 bits per heavy atom. The molecule has 1 atom stereocenters. The third-order valence-corrected chi connectivity index (χ3v) is 3.98. The molecule has 1 saturated heterocycles. The highest BCUT2D eigenvalue weighted by atomic mass is 35.5. The maximum Gasteiger partial charge on any atom is 0.128 e. The third-order valence-electron chi connectivity index (χ3n) is 3.64. The Balaban J connectivity index is 2.06. The Bertz CT molecular complexity index is 413. The van der Waals surface area contributed by atoms with Crippen LogP contribution in [-0.2, 0) is 6.61 Å². The van der Waals surface area contributed by atoms with Crippen LogP contribution < -0.4 is 4.90 Å². The summed E-state index contributed by atoms with van der Waals surface area (Å²) in [4.78, 5) is 8.83. The van der Waals surface area contributed by atoms with Crippen molar-refractivity contribution in [3.63, 3.8) is 0 Å². The smallest absolute Gasteiger partial charge is 0.128 e. The minimum Gasteiger partial charge on any atom is -0.392 e. The molecule has 18 heavy (non-hydrogen) atoms. The van der Waals surface area contributed by atoms with Crippen LogP contribution in [-0.4, -0.2) is 48.2 Å². The van der Waals surface area contributed by atoms with E-state index in [1.54, 1.807) is 6.20 Å². The highest BCUT2D eigenvalue weighted by Crippen LogP contribution is 2.22. The van der Waals surface area contributed by atoms with Gasteiger partial charge in [-0.05, 0) is 32.5 Å². The van der Waals surface area contributed by atoms with E-state index in [0.717, 1.165) is 17.9 Å². The fourth-order valence-corrected chi connectivity index (χ4v) is 2.58. The van der Waals surface area contributed by atoms with Crippen LogP contribution in [0.25, 0.3) is 0 Å². The monoisotopic (exact) mass is 269 g/mol. The Kier molecular flexibility index (Phi) is 4.43. The van der Waals surface area contributed by atoms with Crippen molar-refractivity contribution in [1.82, 2.24) is 9.88 Å². The summed E-state index contributed by atoms with van der Waals surface area (Å²) in [5, 5.41) is 9.73. The zero-order valence-corrected chi connectivity index (χ0v) is 11.7. The topological polar surface area (TPSA) is 39.6 Å². The quantitative estimate of drug-likeness (QED) is 0.904. The molecule has 1 fully saturated rings. The van der Waals surface area contributed by atoms with Gasteiger partial charge in [-0.1, -0.05) is 11.6 Å². The largest absolute Gasteiger partial charge is 0.392 e. The van der Waals surface area contributed by atoms with Crippen LogP contribution in [0.5, 0.6) is 0 Å². The molecule has 0 saturated carbocycles. The molecule has 1 aliphatic heterocycles. The minimum absolute atomic E-state index is 0.0501. The van der Waals surface area contributed by atoms with Crippen LogP contribution in [0.1, 0.15) is 18.4 Å². The van der Waals surface area contributed by atoms with Crippen LogP contribution in [0.2, 0.25) is 5.02 Å². The van der Waals surface area contributed by atoms with Gasteiger partial charge in [0.1, 0.15) is 5.82 Å². The Morgan fingerprint density at radius 3 is 3.00 bits per heavy atom. The summed E-state index contributed by atoms with van der Waals surface area (Å²) >= 11 is 5.95. The zero-order chi connectivity index (χ0) is 13.1. The molecule has 0 spiro atoms. The van der Waals surface area contributed by atoms with Crippen LogP contribution in [0.4, 0.5) is 5.82 Å². The summed E-state index contributed by atoms with van der Waals surface area (Å²) < 4.78 is 0. The van der Waals surface area contributed by atoms with Gasteiger partial charge in [0.15, 0.2) is 0 Å². The SMILES string of the molecule is CN(CC1CCCN1C)c1cc(CO)c(Cl)cn1. The minimum atomic E-state index is -0.0501. The van der Waals surface area contributed by atoms with Gasteiger partial charge >= 0.3 is 0 Å². The molecule has 5 heteroatoms. The normalized spacial score (nSPS) is 20.3. The van der Waals surface area contributed by atoms with Gasteiger partial charge < -0.3 is 14.9 Å². The van der Waals surface area contributed by atoms with Gasteiger partial charge in [-0.2, -0.15) is 0 Å². The number of halogens is 1. The van der Waals surface area contributed by atoms with Crippen molar-refractivity contribution in [3.8, 4) is 0 Å². The number of rotatable bonds is 4. The van der Waals surface area contributed by atoms with E-state index in [0.29, 0.717) is 11.1 Å². The summed E-state index contributed by atoms with van der Waals surface area (Å²) in [6.45, 7) is 2.08. The van der Waals surface area contributed by atoms with Gasteiger partial charge in [0.05, 0.1) is 11.6 Å². The fourth-order valence-electron chi connectivity index (χ4n) is 2.42. The highest BCUT2D eigenvalue weighted by molar-refractivity contribution is 6.31. The number of aromatic nitrogens is 1. The second-order valence-electron chi connectivity index (χ2n) is 4.95. The molecule has 2 heterocycles. The lowest BCUT2D eigenvalue weighted by Crippen LogP contribution is -2.37. The van der Waals surface area contributed by atoms with Crippen molar-refractivity contribution in [2.75, 3.05) is 32.1 Å². The molecule has 0 amide bonds. The van der Waals surface area contributed by atoms with E-state index in [2.05, 4.69) is 21.8 Å². The van der Waals surface area contributed by atoms with E-state index in [9.17, 15) is 5.11 Å². The molecule has 1 aliphatic rings. The van der Waals surface area contributed by atoms with Crippen molar-refractivity contribution in [3.05, 3.63) is 22.8 Å². The maximum atomic E-state index is 9.21. The lowest BCUT2D eigenvalue weighted by molar-refractivity contribution is 0.282. The summed E-state index contributed by atoms with van der Waals surface area (Å²) in [7, 11) is 4.20. The van der Waals surface area contributed by atoms with Gasteiger partial charge in [-0.3, -0.25) is 0 Å². The van der Waals surface area contributed by atoms with E-state index in [-0.39, 0.29) is 6.61 Å². The number of aliphatic hydroxyl groups is 1. The molecule has 0 aromatic carbocycles. The summed E-state index contributed by atoms with van der Waals surface area (Å²) in [5.74, 6) is 0.865. The molecule has 0 radical (unpaired) electrons. The summed E-state index contributed by atoms with van der Waals surface area (Å²) in [6, 6.07) is 2.45. The van der Waals surface area contributed by atoms with Crippen molar-refractivity contribution in [2.45, 2.75) is 25.5 Å². The first-order valence-electron chi connectivity index (χ1n) is 6.28. The average molecular weight is 270 g/mol. The predicted molar refractivity (Wildman–Crippen MR) is 74.1 cm³/mol. The zero-order valence-electron chi connectivity index (χ0n) is 10.9. The van der Waals surface area contributed by atoms with E-state index >= 15 is 0 Å². The molecule has 2 rings (SSSR count). The third kappa shape index (κ3) is 2.94. The predicted octanol–water partition coefficient (Wildman–Crippen LogP) is 1.76. The van der Waals surface area contributed by atoms with Crippen molar-refractivity contribution in [2.24, 2.45) is 0 Å². The Hall–Kier alpha value is -0.840. The molecule has 1 unspecified atom stereocenters. The van der Waals surface area contributed by atoms with Gasteiger partial charge in [-0.25, -0.2) is 4.98 Å². The van der Waals surface area contributed by atoms with Crippen LogP contribution in [0, 0.1) is 0 Å². The first-order chi connectivity index (χ1) is 8.61. The van der Waals surface area contributed by atoms with E-state index in [1.165, 1.54) is 19.4 Å². The molecule has 100 valence electrons. The number of hydrogen-bond acceptors (Lipinski definition) is 4. The maximum absolute atomic E-state index is 9.21. The molecule has 1 aromatic heterocycles. The van der Waals surface area contributed by atoms with E-state index in [4.69, 9.17) is 11.6 Å². The second kappa shape index (κ2) is 5.87. The van der Waals surface area contributed by atoms with Gasteiger partial charge in [0.2, 0.25) is 0 Å². The number of aliphatic hydroxyl groups excluding tert-OH is 1. The molecular formula is C13H20ClN3O. The molecule has 0 aliphatic carbocycles. The van der Waals surface area contributed by atoms with Crippen LogP contribution in [0.15, 0.2) is 12.3 Å². The van der Waals surface area contributed by atoms with Gasteiger partial charge in [0.25, 0.3) is 0 Å². The highest BCUT2D eigenvalue weighted by Gasteiger charge is 2.22. The van der Waals surface area contributed by atoms with E-state index in [1.807, 2.05) is 13.1 Å². The molecular weight excluding hydrogens is 250 g/mol. The van der Waals surface area contributed by atoms with Crippen LogP contribution >= 0.6 is 11.6 Å². The number of hydrogen-bond donors (Lipinski definition) is 1. The van der Waals surface area contributed by atoms with Crippen molar-refractivity contribution in [1.29, 1.82) is 0 Å². The number of anilines is 1. The summed E-state index contributed by atoms with van der Waals surface area (Å²) in [5.41, 5.74) is 0.730. The number of likely N-dealkylation sites (tertiary alicyclic amines) is 1. The number of nitrogens with zero attached hydrogens (tertiary/aromatic N) is 3. The second-order valence-corrected chi connectivity index (χ2v) is 5.36. The lowest BCUT2D eigenvalue weighted by Gasteiger charge is -2.26. The number of likely N-dealkylation sites (N-methyl/N-ethyl adjacent to an activating group) is 2. The Labute approximate surface area is 113 Å². The van der Waals surface area contributed by atoms with Gasteiger partial charge in [0, 0.05) is 31.4 Å². The van der Waals surface area contributed by atoms with Crippen molar-refractivity contribution < 1.29 is 5.11 Å². The van der Waals surface area contributed by atoms with Crippen molar-refractivity contribution >= 4 is 17.4 Å². The standard InChI is InChI=1S/C13H20ClN3O/c1-16-5-3-4-11(16)8-17(2)13-6-10(9-18)12(14)7-15-13/h6-7,11,18H,3-5,8-9H2,1-2H3. The summed E-state index contributed by atoms with van der Waals surface area (Å²) in [6.07, 6.45) is 4.11. The Morgan fingerprint density at radius 2 is 2.39 bits per heavy atom. The average Bonchev–Trinajstić information content (AvgIpc) is 2.75. The first-order valence-corrected chi connectivity index (χ1v) is 6.66. The molecule has 0 bridgehead atoms. The first kappa shape index (κ1) is 13.6. The van der Waals surface area contributed by atoms with Gasteiger partial charge in [-0.15, -0.1) is 0 Å². The number of pyridine rings is 1.